The number of aryl methyl sites for hydroxylation is 1. The molecular weight excluding hydrogens is 1690 g/mol. The van der Waals surface area contributed by atoms with E-state index in [0.717, 1.165) is 147 Å². The molecule has 9 aromatic carbocycles. The van der Waals surface area contributed by atoms with E-state index >= 15 is 8.78 Å². The van der Waals surface area contributed by atoms with Crippen molar-refractivity contribution in [3.63, 3.8) is 0 Å². The van der Waals surface area contributed by atoms with Gasteiger partial charge in [0, 0.05) is 112 Å². The molecule has 0 radical (unpaired) electrons. The molecule has 3 aromatic heterocycles. The van der Waals surface area contributed by atoms with Gasteiger partial charge in [0.05, 0.1) is 25.2 Å². The van der Waals surface area contributed by atoms with Crippen LogP contribution >= 0.6 is 68.8 Å². The van der Waals surface area contributed by atoms with Crippen molar-refractivity contribution in [2.45, 2.75) is 172 Å². The quantitative estimate of drug-likeness (QED) is 0.0331. The number of nitrogens with zero attached hydrogens (tertiary/aromatic N) is 3. The summed E-state index contributed by atoms with van der Waals surface area (Å²) < 4.78 is 127. The van der Waals surface area contributed by atoms with Gasteiger partial charge < -0.3 is 41.1 Å². The number of rotatable bonds is 22. The molecular formula is C95H95Cl3F9N7O5S3. The van der Waals surface area contributed by atoms with E-state index in [1.54, 1.807) is 24.3 Å². The van der Waals surface area contributed by atoms with Gasteiger partial charge in [-0.25, -0.2) is 17.6 Å². The van der Waals surface area contributed by atoms with Crippen LogP contribution in [0.15, 0.2) is 188 Å². The molecule has 642 valence electrons. The van der Waals surface area contributed by atoms with Crippen molar-refractivity contribution in [3.8, 4) is 33.4 Å². The summed E-state index contributed by atoms with van der Waals surface area (Å²) in [7, 11) is 7.69. The van der Waals surface area contributed by atoms with Crippen LogP contribution in [-0.4, -0.2) is 120 Å². The number of anilines is 1. The number of alkyl halides is 5. The first-order valence-electron chi connectivity index (χ1n) is 40.1. The molecule has 5 N–H and O–H groups in total. The molecule has 1 atom stereocenters. The molecule has 3 aliphatic rings. The minimum atomic E-state index is -4.72. The third kappa shape index (κ3) is 20.9. The number of carbonyl (C=O) groups excluding carboxylic acids is 4. The van der Waals surface area contributed by atoms with Gasteiger partial charge >= 0.3 is 12.1 Å². The molecule has 1 unspecified atom stereocenters. The molecule has 0 aliphatic heterocycles. The molecule has 3 heterocycles. The molecule has 3 aliphatic carbocycles. The van der Waals surface area contributed by atoms with Crippen LogP contribution in [0, 0.1) is 30.2 Å². The Morgan fingerprint density at radius 3 is 1.18 bits per heavy atom. The normalized spacial score (nSPS) is 17.6. The van der Waals surface area contributed by atoms with Gasteiger partial charge in [-0.1, -0.05) is 164 Å². The number of Topliss-reactive ketones (excluding diaryl/α,β-unsaturated/α-hetero) is 1. The lowest BCUT2D eigenvalue weighted by Gasteiger charge is -2.37. The Kier molecular flexibility index (Phi) is 30.3. The summed E-state index contributed by atoms with van der Waals surface area (Å²) in [6.45, 7) is 2.98. The molecule has 0 bridgehead atoms. The number of hydrogen-bond acceptors (Lipinski definition) is 12. The van der Waals surface area contributed by atoms with Crippen molar-refractivity contribution in [1.29, 1.82) is 0 Å². The van der Waals surface area contributed by atoms with E-state index in [0.29, 0.717) is 74.9 Å². The van der Waals surface area contributed by atoms with Gasteiger partial charge in [-0.2, -0.15) is 22.0 Å². The summed E-state index contributed by atoms with van der Waals surface area (Å²) in [5, 5.41) is 25.0. The second-order valence-corrected chi connectivity index (χ2v) is 35.3. The molecule has 15 rings (SSSR count). The SMILES string of the molecule is C.CNC1CCC(N(Cc2cc(-c3ccc(C(=O)C(C)(F)F)cc3)ccc2F)C(=O)c2sc3c(F)ccc(F)c3c2Cl)CC1.CNC1CCC(N(Cc2cc(-c3ccc(C(O)C(F)(F)F)cc3)ccc2C)C(=O)c2sc3ccccc3c2Cl)CC1.CNc1ccc(-c2ccc(F)c(CN(C(=O)c3sc4ccccc4c3Cl)C3CCC(NC)CC3)c2)cc1. The third-order valence-corrected chi connectivity index (χ3v) is 28.5. The second-order valence-electron chi connectivity index (χ2n) is 31.1. The lowest BCUT2D eigenvalue weighted by molar-refractivity contribution is -0.206. The predicted octanol–water partition coefficient (Wildman–Crippen LogP) is 25.2. The van der Waals surface area contributed by atoms with Crippen LogP contribution in [0.25, 0.3) is 63.6 Å². The van der Waals surface area contributed by atoms with E-state index in [-0.39, 0.29) is 99.0 Å². The van der Waals surface area contributed by atoms with Crippen molar-refractivity contribution in [2.75, 3.05) is 33.5 Å². The molecule has 27 heteroatoms. The standard InChI is InChI=1S/C32H28ClF5N2O2S.C32H32ClF3N2O2S.C30H31ClFN3OS.CH4/c1-32(37,38)30(41)18-5-3-17(4-6-18)19-7-12-23(34)20(15-19)16-40(22-10-8-21(39-2)9-11-22)31(42)29-27(33)26-24(35)13-14-25(36)28(26)43-29;1-19-7-8-22(20-9-11-21(12-10-20)30(39)32(34,35)36)17-23(19)18-38(25-15-13-24(37-2)14-16-25)31(40)29-28(33)26-5-3-4-6-27(26)41-29;1-33-22-10-7-19(8-11-22)20-9-16-26(32)21(17-20)18-35(24-14-12-23(34-2)13-15-24)30(36)29-28(31)25-5-3-4-6-27(25)37-29;/h3-7,12-15,21-22,39H,8-11,16H2,1-2H3;3-12,17,24-25,30,37,39H,13-16,18H2,1-2H3;3-11,16-17,23-24,33-34H,12-15,18H2,1-2H3;1H4. The maximum Gasteiger partial charge on any atom is 0.418 e. The number of thiophene rings is 3. The van der Waals surface area contributed by atoms with Crippen molar-refractivity contribution in [3.05, 3.63) is 274 Å². The Balaban J connectivity index is 0.000000167. The smallest absolute Gasteiger partial charge is 0.388 e. The number of ketones is 1. The summed E-state index contributed by atoms with van der Waals surface area (Å²) in [6, 6.07) is 53.2. The summed E-state index contributed by atoms with van der Waals surface area (Å²) in [5.74, 6) is -7.89. The molecule has 122 heavy (non-hydrogen) atoms. The van der Waals surface area contributed by atoms with Crippen LogP contribution in [0.4, 0.5) is 45.2 Å². The largest absolute Gasteiger partial charge is 0.418 e. The van der Waals surface area contributed by atoms with Crippen LogP contribution in [0.5, 0.6) is 0 Å². The summed E-state index contributed by atoms with van der Waals surface area (Å²) >= 11 is 23.5. The fraction of sp³-hybridized carbons (Fsp3) is 0.326. The van der Waals surface area contributed by atoms with Crippen molar-refractivity contribution < 1.29 is 63.8 Å². The number of aliphatic hydroxyl groups is 1. The lowest BCUT2D eigenvalue weighted by Crippen LogP contribution is -2.44. The molecule has 3 saturated carbocycles. The highest BCUT2D eigenvalue weighted by molar-refractivity contribution is 7.22. The minimum absolute atomic E-state index is 0. The van der Waals surface area contributed by atoms with Gasteiger partial charge in [-0.3, -0.25) is 19.2 Å². The Labute approximate surface area is 731 Å². The maximum absolute atomic E-state index is 15.3. The highest BCUT2D eigenvalue weighted by atomic mass is 35.5. The van der Waals surface area contributed by atoms with E-state index in [1.165, 1.54) is 82.2 Å². The Morgan fingerprint density at radius 1 is 0.443 bits per heavy atom. The third-order valence-electron chi connectivity index (χ3n) is 23.5. The maximum atomic E-state index is 15.3. The Morgan fingerprint density at radius 2 is 0.795 bits per heavy atom. The topological polar surface area (TPSA) is 146 Å². The predicted molar refractivity (Wildman–Crippen MR) is 478 cm³/mol. The summed E-state index contributed by atoms with van der Waals surface area (Å²) in [4.78, 5) is 60.5. The fourth-order valence-corrected chi connectivity index (χ4v) is 20.8. The monoisotopic (exact) mass is 1790 g/mol. The van der Waals surface area contributed by atoms with E-state index in [4.69, 9.17) is 34.8 Å². The summed E-state index contributed by atoms with van der Waals surface area (Å²) in [6.07, 6.45) is 2.95. The number of carbonyl (C=O) groups is 4. The zero-order valence-electron chi connectivity index (χ0n) is 67.2. The molecule has 0 saturated heterocycles. The van der Waals surface area contributed by atoms with Gasteiger partial charge in [-0.05, 0) is 222 Å². The first kappa shape index (κ1) is 92.0. The molecule has 0 spiro atoms. The average molecular weight is 1790 g/mol. The van der Waals surface area contributed by atoms with Gasteiger partial charge in [0.2, 0.25) is 5.78 Å². The second kappa shape index (κ2) is 40.2. The zero-order chi connectivity index (χ0) is 86.3. The van der Waals surface area contributed by atoms with E-state index < -0.39 is 47.3 Å². The van der Waals surface area contributed by atoms with Crippen molar-refractivity contribution in [2.24, 2.45) is 0 Å². The highest BCUT2D eigenvalue weighted by Gasteiger charge is 2.41. The highest BCUT2D eigenvalue weighted by Crippen LogP contribution is 2.44. The number of fused-ring (bicyclic) bond motifs is 3. The van der Waals surface area contributed by atoms with Crippen LogP contribution in [0.2, 0.25) is 15.1 Å². The number of hydrogen-bond donors (Lipinski definition) is 5. The number of benzene rings is 9. The van der Waals surface area contributed by atoms with Gasteiger partial charge in [0.15, 0.2) is 6.10 Å². The molecule has 3 fully saturated rings. The van der Waals surface area contributed by atoms with Crippen LogP contribution in [-0.2, 0) is 19.6 Å². The molecule has 12 nitrogen and oxygen atoms in total. The summed E-state index contributed by atoms with van der Waals surface area (Å²) in [5.41, 5.74) is 7.92. The van der Waals surface area contributed by atoms with E-state index in [9.17, 15) is 55.0 Å². The number of nitrogens with one attached hydrogen (secondary N) is 4. The first-order chi connectivity index (χ1) is 57.9. The van der Waals surface area contributed by atoms with Crippen molar-refractivity contribution >= 4 is 128 Å². The van der Waals surface area contributed by atoms with Gasteiger partial charge in [-0.15, -0.1) is 34.0 Å². The van der Waals surface area contributed by atoms with Crippen LogP contribution < -0.4 is 21.3 Å². The molecule has 3 amide bonds. The number of halogens is 12. The average Bonchev–Trinajstić information content (AvgIpc) is 1.68. The number of aliphatic hydroxyl groups excluding tert-OH is 1. The van der Waals surface area contributed by atoms with Crippen LogP contribution in [0.1, 0.15) is 165 Å². The number of amides is 3. The minimum Gasteiger partial charge on any atom is -0.388 e. The Bertz CT molecular complexity index is 5700. The lowest BCUT2D eigenvalue weighted by atomic mass is 9.89. The van der Waals surface area contributed by atoms with Crippen molar-refractivity contribution in [1.82, 2.24) is 30.7 Å². The van der Waals surface area contributed by atoms with E-state index in [2.05, 4.69) is 21.3 Å². The molecule has 12 aromatic rings. The van der Waals surface area contributed by atoms with Crippen LogP contribution in [0.3, 0.4) is 0 Å². The van der Waals surface area contributed by atoms with E-state index in [1.807, 2.05) is 142 Å². The Hall–Kier alpha value is -9.18. The zero-order valence-corrected chi connectivity index (χ0v) is 71.9. The van der Waals surface area contributed by atoms with Gasteiger partial charge in [0.1, 0.15) is 37.9 Å². The van der Waals surface area contributed by atoms with Gasteiger partial charge in [0.25, 0.3) is 17.7 Å². The fourth-order valence-electron chi connectivity index (χ4n) is 16.3. The first-order valence-corrected chi connectivity index (χ1v) is 43.7.